The van der Waals surface area contributed by atoms with Crippen LogP contribution in [0.1, 0.15) is 68.1 Å². The Hall–Kier alpha value is -4.54. The molecule has 2 aliphatic carbocycles. The van der Waals surface area contributed by atoms with Crippen molar-refractivity contribution in [2.24, 2.45) is 17.6 Å². The Morgan fingerprint density at radius 1 is 0.977 bits per heavy atom. The number of aromatic nitrogens is 1. The molecule has 2 bridgehead atoms. The Labute approximate surface area is 258 Å². The normalized spacial score (nSPS) is 19.8. The molecule has 2 saturated carbocycles. The van der Waals surface area contributed by atoms with Crippen molar-refractivity contribution in [3.63, 3.8) is 0 Å². The summed E-state index contributed by atoms with van der Waals surface area (Å²) in [5.74, 6) is -0.419. The van der Waals surface area contributed by atoms with Crippen molar-refractivity contribution in [2.45, 2.75) is 44.7 Å². The fourth-order valence-electron chi connectivity index (χ4n) is 6.88. The zero-order chi connectivity index (χ0) is 30.4. The number of fused-ring (bicyclic) bond motifs is 5. The summed E-state index contributed by atoms with van der Waals surface area (Å²) < 4.78 is 6.12. The number of amides is 2. The fraction of sp³-hybridized carbons (Fsp3) is 0.294. The van der Waals surface area contributed by atoms with Crippen LogP contribution in [0.15, 0.2) is 60.0 Å². The molecule has 4 aromatic rings. The van der Waals surface area contributed by atoms with E-state index in [4.69, 9.17) is 10.5 Å². The number of hydrogen-bond donors (Lipinski definition) is 4. The van der Waals surface area contributed by atoms with Gasteiger partial charge in [0.1, 0.15) is 11.4 Å². The van der Waals surface area contributed by atoms with Gasteiger partial charge in [0.15, 0.2) is 5.69 Å². The number of thiophene rings is 1. The molecule has 0 radical (unpaired) electrons. The van der Waals surface area contributed by atoms with Gasteiger partial charge in [0, 0.05) is 51.8 Å². The lowest BCUT2D eigenvalue weighted by atomic mass is 9.93. The fourth-order valence-corrected chi connectivity index (χ4v) is 7.86. The van der Waals surface area contributed by atoms with E-state index in [1.807, 2.05) is 17.5 Å². The average molecular weight is 609 g/mol. The number of rotatable bonds is 7. The van der Waals surface area contributed by atoms with Crippen molar-refractivity contribution in [3.8, 4) is 27.3 Å². The zero-order valence-corrected chi connectivity index (χ0v) is 24.8. The monoisotopic (exact) mass is 608 g/mol. The van der Waals surface area contributed by atoms with Gasteiger partial charge in [0.2, 0.25) is 0 Å². The van der Waals surface area contributed by atoms with Crippen LogP contribution >= 0.6 is 11.3 Å². The van der Waals surface area contributed by atoms with Gasteiger partial charge in [-0.2, -0.15) is 0 Å². The molecule has 0 unspecified atom stereocenters. The number of aromatic carboxylic acids is 1. The van der Waals surface area contributed by atoms with Crippen LogP contribution in [0.5, 0.6) is 5.75 Å². The van der Waals surface area contributed by atoms with Crippen LogP contribution in [0.2, 0.25) is 0 Å². The molecule has 3 aliphatic rings. The second-order valence-electron chi connectivity index (χ2n) is 11.8. The van der Waals surface area contributed by atoms with Gasteiger partial charge in [-0.1, -0.05) is 18.6 Å². The minimum Gasteiger partial charge on any atom is -0.493 e. The van der Waals surface area contributed by atoms with Crippen molar-refractivity contribution in [2.75, 3.05) is 11.9 Å². The van der Waals surface area contributed by atoms with Gasteiger partial charge in [-0.15, -0.1) is 11.3 Å². The van der Waals surface area contributed by atoms with E-state index in [1.54, 1.807) is 41.7 Å². The highest BCUT2D eigenvalue weighted by molar-refractivity contribution is 7.13. The van der Waals surface area contributed by atoms with E-state index >= 15 is 0 Å². The van der Waals surface area contributed by atoms with Gasteiger partial charge in [0.25, 0.3) is 11.8 Å². The smallest absolute Gasteiger partial charge is 0.355 e. The van der Waals surface area contributed by atoms with Crippen molar-refractivity contribution >= 4 is 34.8 Å². The summed E-state index contributed by atoms with van der Waals surface area (Å²) in [4.78, 5) is 45.0. The number of carboxylic acid groups (broad SMARTS) is 1. The summed E-state index contributed by atoms with van der Waals surface area (Å²) in [6.45, 7) is 0.828. The number of nitrogens with zero attached hydrogens (tertiary/aromatic N) is 1. The van der Waals surface area contributed by atoms with Gasteiger partial charge in [0.05, 0.1) is 6.61 Å². The highest BCUT2D eigenvalue weighted by Gasteiger charge is 2.40. The number of nitrogens with one attached hydrogen (secondary N) is 2. The number of carbonyl (C=O) groups is 3. The first-order chi connectivity index (χ1) is 21.4. The van der Waals surface area contributed by atoms with E-state index in [-0.39, 0.29) is 34.5 Å². The second-order valence-corrected chi connectivity index (χ2v) is 12.7. The van der Waals surface area contributed by atoms with Gasteiger partial charge in [-0.05, 0) is 90.1 Å². The molecule has 1 aliphatic heterocycles. The third-order valence-electron chi connectivity index (χ3n) is 9.11. The van der Waals surface area contributed by atoms with E-state index in [0.29, 0.717) is 48.4 Å². The number of anilines is 1. The molecule has 9 nitrogen and oxygen atoms in total. The molecule has 3 heterocycles. The molecular formula is C34H32N4O5S. The molecule has 0 saturated heterocycles. The first-order valence-corrected chi connectivity index (χ1v) is 15.8. The second kappa shape index (κ2) is 11.5. The van der Waals surface area contributed by atoms with Gasteiger partial charge in [-0.25, -0.2) is 9.78 Å². The zero-order valence-electron chi connectivity index (χ0n) is 24.0. The van der Waals surface area contributed by atoms with Crippen LogP contribution in [0.4, 0.5) is 5.69 Å². The molecule has 10 heteroatoms. The van der Waals surface area contributed by atoms with E-state index in [1.165, 1.54) is 12.5 Å². The van der Waals surface area contributed by atoms with Crippen LogP contribution in [-0.4, -0.2) is 40.5 Å². The number of hydrogen-bond acceptors (Lipinski definition) is 7. The molecule has 2 aromatic heterocycles. The summed E-state index contributed by atoms with van der Waals surface area (Å²) in [5, 5.41) is 18.3. The number of benzene rings is 2. The number of pyridine rings is 1. The molecular weight excluding hydrogens is 576 g/mol. The number of carbonyl (C=O) groups excluding carboxylic acids is 2. The molecule has 5 N–H and O–H groups in total. The molecule has 44 heavy (non-hydrogen) atoms. The lowest BCUT2D eigenvalue weighted by molar-refractivity contribution is 0.0691. The lowest BCUT2D eigenvalue weighted by Gasteiger charge is -2.23. The summed E-state index contributed by atoms with van der Waals surface area (Å²) >= 11 is 1.57. The number of carboxylic acids is 1. The van der Waals surface area contributed by atoms with Crippen LogP contribution in [0, 0.1) is 11.8 Å². The molecule has 3 atom stereocenters. The predicted molar refractivity (Wildman–Crippen MR) is 168 cm³/mol. The highest BCUT2D eigenvalue weighted by Crippen LogP contribution is 2.45. The molecule has 2 aromatic carbocycles. The lowest BCUT2D eigenvalue weighted by Crippen LogP contribution is -2.39. The Morgan fingerprint density at radius 3 is 2.55 bits per heavy atom. The van der Waals surface area contributed by atoms with E-state index in [9.17, 15) is 19.5 Å². The maximum atomic E-state index is 13.9. The minimum absolute atomic E-state index is 0.0363. The Balaban J connectivity index is 1.29. The van der Waals surface area contributed by atoms with Gasteiger partial charge < -0.3 is 26.2 Å². The van der Waals surface area contributed by atoms with Crippen molar-refractivity contribution in [1.82, 2.24) is 10.3 Å². The SMILES string of the molecule is NCc1ccc(NC(=O)c2cc3c(cc2-c2ccc(C(=O)N[C@H]4C[C@@H]5CC[C@H]4C5)nc2C(=O)O)OCCc2ccsc2-3)cc1. The maximum absolute atomic E-state index is 13.9. The Bertz CT molecular complexity index is 1780. The van der Waals surface area contributed by atoms with Crippen LogP contribution in [0.3, 0.4) is 0 Å². The van der Waals surface area contributed by atoms with Crippen LogP contribution in [-0.2, 0) is 13.0 Å². The van der Waals surface area contributed by atoms with Crippen molar-refractivity contribution in [1.29, 1.82) is 0 Å². The third kappa shape index (κ3) is 5.24. The van der Waals surface area contributed by atoms with E-state index in [0.717, 1.165) is 40.8 Å². The summed E-state index contributed by atoms with van der Waals surface area (Å²) in [7, 11) is 0. The van der Waals surface area contributed by atoms with E-state index < -0.39 is 11.9 Å². The maximum Gasteiger partial charge on any atom is 0.355 e. The predicted octanol–water partition coefficient (Wildman–Crippen LogP) is 5.74. The van der Waals surface area contributed by atoms with Gasteiger partial charge in [-0.3, -0.25) is 9.59 Å². The number of nitrogens with two attached hydrogens (primary N) is 1. The Morgan fingerprint density at radius 2 is 1.82 bits per heavy atom. The molecule has 7 rings (SSSR count). The van der Waals surface area contributed by atoms with Crippen LogP contribution < -0.4 is 21.1 Å². The average Bonchev–Trinajstić information content (AvgIpc) is 3.77. The van der Waals surface area contributed by atoms with Crippen molar-refractivity contribution in [3.05, 3.63) is 88.1 Å². The first kappa shape index (κ1) is 28.2. The van der Waals surface area contributed by atoms with Gasteiger partial charge >= 0.3 is 5.97 Å². The standard InChI is InChI=1S/C34H32N4O5S/c35-17-18-2-5-22(6-3-18)36-32(39)25-15-26-29(43-11-9-20-10-12-44-31(20)26)16-24(25)23-7-8-27(37-30(23)34(41)42)33(40)38-28-14-19-1-4-21(28)13-19/h2-3,5-8,10,12,15-16,19,21,28H,1,4,9,11,13-14,17,35H2,(H,36,39)(H,38,40)(H,41,42)/t19-,21+,28+/m1/s1. The highest BCUT2D eigenvalue weighted by atomic mass is 32.1. The Kier molecular flexibility index (Phi) is 7.39. The first-order valence-electron chi connectivity index (χ1n) is 14.9. The quantitative estimate of drug-likeness (QED) is 0.209. The largest absolute Gasteiger partial charge is 0.493 e. The molecule has 2 fully saturated rings. The topological polar surface area (TPSA) is 144 Å². The summed E-state index contributed by atoms with van der Waals surface area (Å²) in [6.07, 6.45) is 5.12. The molecule has 224 valence electrons. The molecule has 0 spiro atoms. The minimum atomic E-state index is -1.30. The van der Waals surface area contributed by atoms with Crippen LogP contribution in [0.25, 0.3) is 21.6 Å². The summed E-state index contributed by atoms with van der Waals surface area (Å²) in [5.41, 5.74) is 9.70. The third-order valence-corrected chi connectivity index (χ3v) is 10.1. The van der Waals surface area contributed by atoms with E-state index in [2.05, 4.69) is 21.7 Å². The summed E-state index contributed by atoms with van der Waals surface area (Å²) in [6, 6.07) is 15.9. The molecule has 2 amide bonds. The van der Waals surface area contributed by atoms with Crippen molar-refractivity contribution < 1.29 is 24.2 Å². The number of ether oxygens (including phenoxy) is 1.